The first-order chi connectivity index (χ1) is 17.4. The van der Waals surface area contributed by atoms with Crippen molar-refractivity contribution in [3.63, 3.8) is 0 Å². The lowest BCUT2D eigenvalue weighted by atomic mass is 9.97. The standard InChI is InChI=1S/C29H34N2O5/c1-4-33-29(32)24-6-5-11-31(17-24)16-22-13-23-8-9-26(14-28(23)35-19-22)34-18-21-7-10-27(36-20(2)3)25(12-21)15-30/h7-10,12-14,20,24H,4-6,11,16-19H2,1-3H3/t24-/m1/s1. The first-order valence-corrected chi connectivity index (χ1v) is 12.6. The predicted octanol–water partition coefficient (Wildman–Crippen LogP) is 4.98. The van der Waals surface area contributed by atoms with Gasteiger partial charge in [0.15, 0.2) is 0 Å². The van der Waals surface area contributed by atoms with Gasteiger partial charge in [-0.25, -0.2) is 0 Å². The van der Waals surface area contributed by atoms with E-state index in [-0.39, 0.29) is 18.0 Å². The van der Waals surface area contributed by atoms with Crippen molar-refractivity contribution in [3.8, 4) is 23.3 Å². The van der Waals surface area contributed by atoms with Crippen LogP contribution >= 0.6 is 0 Å². The summed E-state index contributed by atoms with van der Waals surface area (Å²) in [5, 5.41) is 9.44. The van der Waals surface area contributed by atoms with E-state index < -0.39 is 0 Å². The summed E-state index contributed by atoms with van der Waals surface area (Å²) in [4.78, 5) is 14.5. The number of ether oxygens (including phenoxy) is 4. The number of hydrogen-bond donors (Lipinski definition) is 0. The van der Waals surface area contributed by atoms with Gasteiger partial charge in [0.2, 0.25) is 0 Å². The van der Waals surface area contributed by atoms with E-state index in [2.05, 4.69) is 17.0 Å². The van der Waals surface area contributed by atoms with Gasteiger partial charge in [0.1, 0.15) is 36.5 Å². The third-order valence-electron chi connectivity index (χ3n) is 6.24. The molecule has 1 fully saturated rings. The summed E-state index contributed by atoms with van der Waals surface area (Å²) in [5.74, 6) is 1.95. The molecule has 1 atom stereocenters. The Kier molecular flexibility index (Phi) is 8.50. The van der Waals surface area contributed by atoms with Crippen LogP contribution in [0.2, 0.25) is 0 Å². The molecule has 2 heterocycles. The van der Waals surface area contributed by atoms with Crippen molar-refractivity contribution < 1.29 is 23.7 Å². The highest BCUT2D eigenvalue weighted by atomic mass is 16.5. The Hall–Kier alpha value is -3.50. The molecule has 0 aliphatic carbocycles. The van der Waals surface area contributed by atoms with Gasteiger partial charge in [0, 0.05) is 24.7 Å². The Morgan fingerprint density at radius 1 is 1.25 bits per heavy atom. The summed E-state index contributed by atoms with van der Waals surface area (Å²) in [6.45, 7) is 9.49. The highest BCUT2D eigenvalue weighted by molar-refractivity contribution is 5.72. The number of benzene rings is 2. The van der Waals surface area contributed by atoms with Gasteiger partial charge in [-0.3, -0.25) is 9.69 Å². The van der Waals surface area contributed by atoms with Crippen LogP contribution in [0.15, 0.2) is 42.0 Å². The summed E-state index contributed by atoms with van der Waals surface area (Å²) in [5.41, 5.74) is 3.60. The van der Waals surface area contributed by atoms with Crippen molar-refractivity contribution in [1.82, 2.24) is 4.90 Å². The number of likely N-dealkylation sites (tertiary alicyclic amines) is 1. The number of rotatable bonds is 9. The number of nitriles is 1. The van der Waals surface area contributed by atoms with E-state index in [9.17, 15) is 10.1 Å². The molecule has 0 spiro atoms. The molecule has 0 radical (unpaired) electrons. The molecule has 1 saturated heterocycles. The fourth-order valence-corrected chi connectivity index (χ4v) is 4.59. The van der Waals surface area contributed by atoms with Crippen molar-refractivity contribution in [2.24, 2.45) is 5.92 Å². The van der Waals surface area contributed by atoms with E-state index in [0.29, 0.717) is 36.9 Å². The second-order valence-corrected chi connectivity index (χ2v) is 9.51. The SMILES string of the molecule is CCOC(=O)[C@@H]1CCCN(CC2=Cc3ccc(OCc4ccc(OC(C)C)c(C#N)c4)cc3OC2)C1. The van der Waals surface area contributed by atoms with E-state index in [1.54, 1.807) is 6.07 Å². The average Bonchev–Trinajstić information content (AvgIpc) is 2.88. The molecular weight excluding hydrogens is 456 g/mol. The zero-order valence-electron chi connectivity index (χ0n) is 21.3. The lowest BCUT2D eigenvalue weighted by Gasteiger charge is -2.32. The molecule has 0 unspecified atom stereocenters. The minimum absolute atomic E-state index is 0.00521. The Morgan fingerprint density at radius 3 is 2.89 bits per heavy atom. The zero-order chi connectivity index (χ0) is 25.5. The van der Waals surface area contributed by atoms with E-state index in [4.69, 9.17) is 18.9 Å². The van der Waals surface area contributed by atoms with Gasteiger partial charge in [-0.15, -0.1) is 0 Å². The van der Waals surface area contributed by atoms with Gasteiger partial charge in [-0.2, -0.15) is 5.26 Å². The molecule has 7 nitrogen and oxygen atoms in total. The number of carbonyl (C=O) groups is 1. The van der Waals surface area contributed by atoms with E-state index >= 15 is 0 Å². The zero-order valence-corrected chi connectivity index (χ0v) is 21.3. The van der Waals surface area contributed by atoms with Crippen LogP contribution < -0.4 is 14.2 Å². The maximum absolute atomic E-state index is 12.1. The maximum atomic E-state index is 12.1. The van der Waals surface area contributed by atoms with E-state index in [1.807, 2.05) is 51.1 Å². The fourth-order valence-electron chi connectivity index (χ4n) is 4.59. The first-order valence-electron chi connectivity index (χ1n) is 12.6. The highest BCUT2D eigenvalue weighted by Crippen LogP contribution is 2.32. The van der Waals surface area contributed by atoms with Gasteiger partial charge in [-0.05, 0) is 81.6 Å². The number of carbonyl (C=O) groups excluding carboxylic acids is 1. The Labute approximate surface area is 213 Å². The third kappa shape index (κ3) is 6.58. The Balaban J connectivity index is 1.35. The van der Waals surface area contributed by atoms with Crippen LogP contribution in [0.5, 0.6) is 17.2 Å². The molecule has 0 N–H and O–H groups in total. The van der Waals surface area contributed by atoms with Crippen molar-refractivity contribution in [3.05, 3.63) is 58.7 Å². The van der Waals surface area contributed by atoms with Gasteiger partial charge in [-0.1, -0.05) is 6.07 Å². The van der Waals surface area contributed by atoms with Crippen LogP contribution in [-0.4, -0.2) is 49.8 Å². The van der Waals surface area contributed by atoms with Gasteiger partial charge in [0.25, 0.3) is 0 Å². The number of fused-ring (bicyclic) bond motifs is 1. The maximum Gasteiger partial charge on any atom is 0.310 e. The monoisotopic (exact) mass is 490 g/mol. The Bertz CT molecular complexity index is 1150. The van der Waals surface area contributed by atoms with Crippen molar-refractivity contribution >= 4 is 12.0 Å². The summed E-state index contributed by atoms with van der Waals surface area (Å²) < 4.78 is 22.9. The first kappa shape index (κ1) is 25.6. The molecular formula is C29H34N2O5. The van der Waals surface area contributed by atoms with Crippen LogP contribution in [0.4, 0.5) is 0 Å². The van der Waals surface area contributed by atoms with Crippen LogP contribution in [0.3, 0.4) is 0 Å². The third-order valence-corrected chi connectivity index (χ3v) is 6.24. The largest absolute Gasteiger partial charge is 0.490 e. The minimum Gasteiger partial charge on any atom is -0.490 e. The van der Waals surface area contributed by atoms with Gasteiger partial charge in [0.05, 0.1) is 24.2 Å². The molecule has 7 heteroatoms. The number of esters is 1. The smallest absolute Gasteiger partial charge is 0.310 e. The summed E-state index contributed by atoms with van der Waals surface area (Å²) in [6.07, 6.45) is 4.07. The molecule has 0 bridgehead atoms. The Morgan fingerprint density at radius 2 is 2.11 bits per heavy atom. The second kappa shape index (κ2) is 12.0. The van der Waals surface area contributed by atoms with Crippen LogP contribution in [0.1, 0.15) is 50.3 Å². The summed E-state index contributed by atoms with van der Waals surface area (Å²) in [7, 11) is 0. The lowest BCUT2D eigenvalue weighted by molar-refractivity contribution is -0.149. The van der Waals surface area contributed by atoms with Gasteiger partial charge < -0.3 is 18.9 Å². The molecule has 4 rings (SSSR count). The molecule has 2 aliphatic heterocycles. The quantitative estimate of drug-likeness (QED) is 0.459. The van der Waals surface area contributed by atoms with E-state index in [1.165, 1.54) is 5.57 Å². The number of hydrogen-bond acceptors (Lipinski definition) is 7. The topological polar surface area (TPSA) is 81.0 Å². The van der Waals surface area contributed by atoms with Crippen molar-refractivity contribution in [2.75, 3.05) is 32.8 Å². The lowest BCUT2D eigenvalue weighted by Crippen LogP contribution is -2.40. The summed E-state index contributed by atoms with van der Waals surface area (Å²) in [6, 6.07) is 13.6. The normalized spacial score (nSPS) is 17.4. The molecule has 0 amide bonds. The minimum atomic E-state index is -0.0855. The molecule has 0 saturated carbocycles. The fraction of sp³-hybridized carbons (Fsp3) is 0.448. The average molecular weight is 491 g/mol. The van der Waals surface area contributed by atoms with Crippen LogP contribution in [0.25, 0.3) is 6.08 Å². The summed E-state index contributed by atoms with van der Waals surface area (Å²) >= 11 is 0. The molecule has 190 valence electrons. The molecule has 2 aliphatic rings. The van der Waals surface area contributed by atoms with Crippen molar-refractivity contribution in [1.29, 1.82) is 5.26 Å². The number of piperidine rings is 1. The van der Waals surface area contributed by atoms with Gasteiger partial charge >= 0.3 is 5.97 Å². The van der Waals surface area contributed by atoms with E-state index in [0.717, 1.165) is 49.4 Å². The second-order valence-electron chi connectivity index (χ2n) is 9.51. The molecule has 0 aromatic heterocycles. The predicted molar refractivity (Wildman–Crippen MR) is 137 cm³/mol. The molecule has 2 aromatic carbocycles. The molecule has 36 heavy (non-hydrogen) atoms. The highest BCUT2D eigenvalue weighted by Gasteiger charge is 2.27. The van der Waals surface area contributed by atoms with Crippen molar-refractivity contribution in [2.45, 2.75) is 46.3 Å². The molecule has 2 aromatic rings. The van der Waals surface area contributed by atoms with Crippen LogP contribution in [0, 0.1) is 17.2 Å². The van der Waals surface area contributed by atoms with Crippen LogP contribution in [-0.2, 0) is 16.1 Å². The number of nitrogens with zero attached hydrogens (tertiary/aromatic N) is 2.